The first kappa shape index (κ1) is 12.7. The lowest BCUT2D eigenvalue weighted by molar-refractivity contribution is 0.0977. The van der Waals surface area contributed by atoms with Crippen molar-refractivity contribution in [1.82, 2.24) is 4.98 Å². The van der Waals surface area contributed by atoms with Gasteiger partial charge in [0.25, 0.3) is 0 Å². The molecule has 0 fully saturated rings. The molecule has 2 rings (SSSR count). The molecule has 0 bridgehead atoms. The highest BCUT2D eigenvalue weighted by molar-refractivity contribution is 14.1. The molecular formula is C14H9IN2O. The predicted octanol–water partition coefficient (Wildman–Crippen LogP) is 3.18. The summed E-state index contributed by atoms with van der Waals surface area (Å²) in [6, 6.07) is 14.4. The normalized spacial score (nSPS) is 11.6. The molecule has 18 heavy (non-hydrogen) atoms. The third kappa shape index (κ3) is 2.74. The van der Waals surface area contributed by atoms with E-state index in [2.05, 4.69) is 27.6 Å². The highest BCUT2D eigenvalue weighted by atomic mass is 127. The Kier molecular flexibility index (Phi) is 4.05. The maximum Gasteiger partial charge on any atom is 0.186 e. The summed E-state index contributed by atoms with van der Waals surface area (Å²) in [6.45, 7) is 0. The Labute approximate surface area is 119 Å². The first-order valence-electron chi connectivity index (χ1n) is 5.32. The summed E-state index contributed by atoms with van der Waals surface area (Å²) in [6.07, 6.45) is 1.59. The minimum absolute atomic E-state index is 0.213. The van der Waals surface area contributed by atoms with Crippen molar-refractivity contribution in [1.29, 1.82) is 5.26 Å². The van der Waals surface area contributed by atoms with Gasteiger partial charge in [-0.15, -0.1) is 0 Å². The molecule has 0 unspecified atom stereocenters. The summed E-state index contributed by atoms with van der Waals surface area (Å²) in [5.74, 6) is -1.06. The van der Waals surface area contributed by atoms with Crippen LogP contribution in [0.1, 0.15) is 22.0 Å². The molecule has 0 amide bonds. The quantitative estimate of drug-likeness (QED) is 0.632. The van der Waals surface area contributed by atoms with Crippen LogP contribution in [-0.2, 0) is 0 Å². The van der Waals surface area contributed by atoms with Crippen molar-refractivity contribution in [2.75, 3.05) is 0 Å². The maximum absolute atomic E-state index is 12.3. The van der Waals surface area contributed by atoms with Gasteiger partial charge in [-0.25, -0.2) is 0 Å². The molecule has 1 heterocycles. The summed E-state index contributed by atoms with van der Waals surface area (Å²) in [5.41, 5.74) is 1.03. The molecule has 0 aliphatic heterocycles. The fourth-order valence-corrected chi connectivity index (χ4v) is 2.16. The largest absolute Gasteiger partial charge is 0.292 e. The van der Waals surface area contributed by atoms with Gasteiger partial charge in [-0.3, -0.25) is 9.78 Å². The molecule has 0 saturated carbocycles. The van der Waals surface area contributed by atoms with Crippen LogP contribution in [0.4, 0.5) is 0 Å². The van der Waals surface area contributed by atoms with E-state index >= 15 is 0 Å². The third-order valence-electron chi connectivity index (χ3n) is 2.48. The molecule has 0 saturated heterocycles. The fraction of sp³-hybridized carbons (Fsp3) is 0.0714. The van der Waals surface area contributed by atoms with E-state index in [-0.39, 0.29) is 5.78 Å². The maximum atomic E-state index is 12.3. The Morgan fingerprint density at radius 2 is 2.11 bits per heavy atom. The summed E-state index contributed by atoms with van der Waals surface area (Å²) < 4.78 is 0.969. The van der Waals surface area contributed by atoms with Crippen LogP contribution in [0.3, 0.4) is 0 Å². The van der Waals surface area contributed by atoms with Gasteiger partial charge in [-0.05, 0) is 46.9 Å². The van der Waals surface area contributed by atoms with E-state index in [1.807, 2.05) is 18.2 Å². The van der Waals surface area contributed by atoms with Crippen LogP contribution in [-0.4, -0.2) is 10.8 Å². The Morgan fingerprint density at radius 3 is 2.72 bits per heavy atom. The second kappa shape index (κ2) is 5.74. The van der Waals surface area contributed by atoms with Crippen LogP contribution in [0.2, 0.25) is 0 Å². The average Bonchev–Trinajstić information content (AvgIpc) is 2.41. The number of pyridine rings is 1. The molecule has 0 N–H and O–H groups in total. The lowest BCUT2D eigenvalue weighted by Gasteiger charge is -2.07. The highest BCUT2D eigenvalue weighted by Gasteiger charge is 2.22. The smallest absolute Gasteiger partial charge is 0.186 e. The van der Waals surface area contributed by atoms with Gasteiger partial charge in [0.05, 0.1) is 11.8 Å². The predicted molar refractivity (Wildman–Crippen MR) is 76.1 cm³/mol. The van der Waals surface area contributed by atoms with E-state index in [1.54, 1.807) is 36.5 Å². The lowest BCUT2D eigenvalue weighted by Crippen LogP contribution is -2.12. The molecule has 0 spiro atoms. The number of benzene rings is 1. The number of nitriles is 1. The van der Waals surface area contributed by atoms with E-state index in [0.717, 1.165) is 3.57 Å². The number of nitrogens with zero attached hydrogens (tertiary/aromatic N) is 2. The van der Waals surface area contributed by atoms with E-state index in [1.165, 1.54) is 0 Å². The van der Waals surface area contributed by atoms with E-state index in [4.69, 9.17) is 5.26 Å². The van der Waals surface area contributed by atoms with Crippen LogP contribution in [0.5, 0.6) is 0 Å². The Hall–Kier alpha value is -1.74. The molecule has 3 nitrogen and oxygen atoms in total. The minimum atomic E-state index is -0.843. The third-order valence-corrected chi connectivity index (χ3v) is 3.15. The van der Waals surface area contributed by atoms with Gasteiger partial charge in [0, 0.05) is 15.3 Å². The van der Waals surface area contributed by atoms with Crippen molar-refractivity contribution >= 4 is 28.4 Å². The van der Waals surface area contributed by atoms with Gasteiger partial charge in [0.1, 0.15) is 0 Å². The molecule has 4 heteroatoms. The fourth-order valence-electron chi connectivity index (χ4n) is 1.61. The van der Waals surface area contributed by atoms with Crippen molar-refractivity contribution in [3.05, 3.63) is 63.5 Å². The number of Topliss-reactive ketones (excluding diaryl/α,β-unsaturated/α-hetero) is 1. The number of hydrogen-bond acceptors (Lipinski definition) is 3. The van der Waals surface area contributed by atoms with Crippen molar-refractivity contribution in [2.24, 2.45) is 0 Å². The van der Waals surface area contributed by atoms with E-state index in [0.29, 0.717) is 11.3 Å². The first-order chi connectivity index (χ1) is 8.72. The van der Waals surface area contributed by atoms with Gasteiger partial charge >= 0.3 is 0 Å². The Balaban J connectivity index is 2.36. The van der Waals surface area contributed by atoms with Crippen molar-refractivity contribution in [3.8, 4) is 6.07 Å². The van der Waals surface area contributed by atoms with Gasteiger partial charge in [0.2, 0.25) is 0 Å². The van der Waals surface area contributed by atoms with Crippen molar-refractivity contribution in [2.45, 2.75) is 5.92 Å². The monoisotopic (exact) mass is 348 g/mol. The summed E-state index contributed by atoms with van der Waals surface area (Å²) in [4.78, 5) is 16.3. The zero-order valence-electron chi connectivity index (χ0n) is 9.38. The van der Waals surface area contributed by atoms with Crippen LogP contribution in [0.15, 0.2) is 48.7 Å². The van der Waals surface area contributed by atoms with Crippen molar-refractivity contribution < 1.29 is 4.79 Å². The number of carbonyl (C=O) groups excluding carboxylic acids is 1. The summed E-state index contributed by atoms with van der Waals surface area (Å²) in [7, 11) is 0. The average molecular weight is 348 g/mol. The van der Waals surface area contributed by atoms with Crippen LogP contribution >= 0.6 is 22.6 Å². The van der Waals surface area contributed by atoms with E-state index < -0.39 is 5.92 Å². The number of carbonyl (C=O) groups is 1. The molecule has 1 atom stereocenters. The zero-order valence-corrected chi connectivity index (χ0v) is 11.5. The summed E-state index contributed by atoms with van der Waals surface area (Å²) in [5, 5.41) is 9.17. The number of aromatic nitrogens is 1. The molecule has 88 valence electrons. The highest BCUT2D eigenvalue weighted by Crippen LogP contribution is 2.19. The minimum Gasteiger partial charge on any atom is -0.292 e. The van der Waals surface area contributed by atoms with E-state index in [9.17, 15) is 4.79 Å². The van der Waals surface area contributed by atoms with Crippen LogP contribution < -0.4 is 0 Å². The zero-order chi connectivity index (χ0) is 13.0. The second-order valence-corrected chi connectivity index (χ2v) is 4.94. The number of rotatable bonds is 3. The molecule has 0 aliphatic carbocycles. The molecule has 2 aromatic rings. The topological polar surface area (TPSA) is 53.8 Å². The van der Waals surface area contributed by atoms with Crippen LogP contribution in [0.25, 0.3) is 0 Å². The number of hydrogen-bond donors (Lipinski definition) is 0. The van der Waals surface area contributed by atoms with Crippen LogP contribution in [0, 0.1) is 14.9 Å². The van der Waals surface area contributed by atoms with Crippen molar-refractivity contribution in [3.63, 3.8) is 0 Å². The molecule has 1 aromatic carbocycles. The molecule has 0 aliphatic rings. The van der Waals surface area contributed by atoms with Gasteiger partial charge in [-0.2, -0.15) is 5.26 Å². The van der Waals surface area contributed by atoms with Gasteiger partial charge in [0.15, 0.2) is 11.7 Å². The van der Waals surface area contributed by atoms with Gasteiger partial charge in [-0.1, -0.05) is 18.2 Å². The SMILES string of the molecule is N#C[C@H](C(=O)c1cccc(I)c1)c1ccccn1. The lowest BCUT2D eigenvalue weighted by atomic mass is 9.95. The molecule has 0 radical (unpaired) electrons. The Bertz CT molecular complexity index is 605. The first-order valence-corrected chi connectivity index (χ1v) is 6.40. The second-order valence-electron chi connectivity index (χ2n) is 3.69. The molecular weight excluding hydrogens is 339 g/mol. The Morgan fingerprint density at radius 1 is 1.28 bits per heavy atom. The number of ketones is 1. The molecule has 1 aromatic heterocycles. The number of halogens is 1. The summed E-state index contributed by atoms with van der Waals surface area (Å²) >= 11 is 2.14. The standard InChI is InChI=1S/C14H9IN2O/c15-11-5-3-4-10(8-11)14(18)12(9-16)13-6-1-2-7-17-13/h1-8,12H/t12-/m0/s1. The van der Waals surface area contributed by atoms with Gasteiger partial charge < -0.3 is 0 Å².